The predicted molar refractivity (Wildman–Crippen MR) is 84.2 cm³/mol. The Labute approximate surface area is 131 Å². The summed E-state index contributed by atoms with van der Waals surface area (Å²) < 4.78 is 0.768. The summed E-state index contributed by atoms with van der Waals surface area (Å²) in [7, 11) is 0. The Morgan fingerprint density at radius 1 is 1.15 bits per heavy atom. The third-order valence-electron chi connectivity index (χ3n) is 2.74. The fourth-order valence-corrected chi connectivity index (χ4v) is 2.61. The molecule has 0 saturated heterocycles. The van der Waals surface area contributed by atoms with Gasteiger partial charge in [-0.1, -0.05) is 0 Å². The van der Waals surface area contributed by atoms with Gasteiger partial charge in [-0.15, -0.1) is 0 Å². The van der Waals surface area contributed by atoms with E-state index in [2.05, 4.69) is 21.0 Å². The van der Waals surface area contributed by atoms with Gasteiger partial charge in [-0.25, -0.2) is 0 Å². The van der Waals surface area contributed by atoms with Crippen LogP contribution in [0.2, 0.25) is 5.02 Å². The van der Waals surface area contributed by atoms with Crippen LogP contribution in [0.15, 0.2) is 53.5 Å². The van der Waals surface area contributed by atoms with Crippen LogP contribution in [0.3, 0.4) is 0 Å². The topological polar surface area (TPSA) is 29.4 Å². The molecule has 0 aliphatic carbocycles. The first kappa shape index (κ1) is 15.0. The third-order valence-corrected chi connectivity index (χ3v) is 3.65. The van der Waals surface area contributed by atoms with Crippen molar-refractivity contribution >= 4 is 43.7 Å². The number of hydrogen-bond donors (Lipinski definition) is 0. The average Bonchev–Trinajstić information content (AvgIpc) is 2.41. The van der Waals surface area contributed by atoms with E-state index >= 15 is 0 Å². The summed E-state index contributed by atoms with van der Waals surface area (Å²) in [5, 5.41) is 0.683. The summed E-state index contributed by atoms with van der Waals surface area (Å²) in [5.41, 5.74) is 2.75. The Bertz CT molecular complexity index is 650. The Balaban J connectivity index is 2.35. The molecule has 4 heteroatoms. The SMILES string of the molecule is CC(=O)Cc1ccccc1C([Se])=Nc1ccc(Cl)cc1. The first-order chi connectivity index (χ1) is 9.56. The molecule has 2 nitrogen and oxygen atoms in total. The van der Waals surface area contributed by atoms with Gasteiger partial charge in [0.25, 0.3) is 0 Å². The second-order valence-electron chi connectivity index (χ2n) is 4.43. The molecule has 0 unspecified atom stereocenters. The normalized spacial score (nSPS) is 11.4. The monoisotopic (exact) mass is 350 g/mol. The van der Waals surface area contributed by atoms with Crippen molar-refractivity contribution in [2.45, 2.75) is 13.3 Å². The first-order valence-electron chi connectivity index (χ1n) is 6.15. The summed E-state index contributed by atoms with van der Waals surface area (Å²) in [5.74, 6) is 0.136. The quantitative estimate of drug-likeness (QED) is 0.611. The number of hydrogen-bond acceptors (Lipinski definition) is 2. The summed E-state index contributed by atoms with van der Waals surface area (Å²) in [6, 6.07) is 15.1. The molecule has 0 amide bonds. The van der Waals surface area contributed by atoms with Crippen molar-refractivity contribution in [1.29, 1.82) is 0 Å². The number of Topliss-reactive ketones (excluding diaryl/α,β-unsaturated/α-hetero) is 1. The molecule has 0 aliphatic rings. The maximum absolute atomic E-state index is 11.3. The van der Waals surface area contributed by atoms with Gasteiger partial charge < -0.3 is 0 Å². The summed E-state index contributed by atoms with van der Waals surface area (Å²) >= 11 is 8.83. The van der Waals surface area contributed by atoms with Crippen LogP contribution in [0.4, 0.5) is 5.69 Å². The Morgan fingerprint density at radius 3 is 2.45 bits per heavy atom. The van der Waals surface area contributed by atoms with E-state index in [0.717, 1.165) is 21.4 Å². The molecule has 0 bridgehead atoms. The van der Waals surface area contributed by atoms with Gasteiger partial charge >= 0.3 is 132 Å². The molecule has 2 rings (SSSR count). The molecule has 0 atom stereocenters. The fourth-order valence-electron chi connectivity index (χ4n) is 1.84. The number of benzene rings is 2. The molecular formula is C16H13ClNOSe. The molecule has 101 valence electrons. The van der Waals surface area contributed by atoms with Crippen molar-refractivity contribution in [2.24, 2.45) is 4.99 Å². The fraction of sp³-hybridized carbons (Fsp3) is 0.125. The van der Waals surface area contributed by atoms with E-state index in [9.17, 15) is 4.79 Å². The van der Waals surface area contributed by atoms with Crippen molar-refractivity contribution in [3.05, 3.63) is 64.7 Å². The molecule has 0 aromatic heterocycles. The minimum absolute atomic E-state index is 0.136. The van der Waals surface area contributed by atoms with Gasteiger partial charge in [0.1, 0.15) is 0 Å². The van der Waals surface area contributed by atoms with E-state index in [1.165, 1.54) is 0 Å². The van der Waals surface area contributed by atoms with Gasteiger partial charge in [0.15, 0.2) is 0 Å². The average molecular weight is 350 g/mol. The summed E-state index contributed by atoms with van der Waals surface area (Å²) in [6.45, 7) is 1.59. The van der Waals surface area contributed by atoms with Gasteiger partial charge in [0, 0.05) is 0 Å². The predicted octanol–water partition coefficient (Wildman–Crippen LogP) is 3.72. The zero-order chi connectivity index (χ0) is 14.5. The van der Waals surface area contributed by atoms with Gasteiger partial charge in [-0.2, -0.15) is 0 Å². The summed E-state index contributed by atoms with van der Waals surface area (Å²) in [4.78, 5) is 15.8. The van der Waals surface area contributed by atoms with Crippen LogP contribution in [-0.4, -0.2) is 26.4 Å². The van der Waals surface area contributed by atoms with Crippen molar-refractivity contribution in [1.82, 2.24) is 0 Å². The van der Waals surface area contributed by atoms with E-state index in [1.54, 1.807) is 19.1 Å². The van der Waals surface area contributed by atoms with E-state index < -0.39 is 0 Å². The van der Waals surface area contributed by atoms with Crippen molar-refractivity contribution in [3.8, 4) is 0 Å². The second-order valence-corrected chi connectivity index (χ2v) is 5.68. The van der Waals surface area contributed by atoms with Crippen molar-refractivity contribution < 1.29 is 4.79 Å². The molecular weight excluding hydrogens is 337 g/mol. The Kier molecular flexibility index (Phi) is 5.13. The number of nitrogens with zero attached hydrogens (tertiary/aromatic N) is 1. The van der Waals surface area contributed by atoms with Crippen LogP contribution in [0.1, 0.15) is 18.1 Å². The van der Waals surface area contributed by atoms with Crippen LogP contribution in [0.5, 0.6) is 0 Å². The van der Waals surface area contributed by atoms with E-state index in [1.807, 2.05) is 36.4 Å². The first-order valence-corrected chi connectivity index (χ1v) is 7.38. The van der Waals surface area contributed by atoms with Gasteiger partial charge in [-0.05, 0) is 0 Å². The zero-order valence-electron chi connectivity index (χ0n) is 11.0. The molecule has 2 aromatic carbocycles. The van der Waals surface area contributed by atoms with Crippen molar-refractivity contribution in [3.63, 3.8) is 0 Å². The summed E-state index contributed by atoms with van der Waals surface area (Å²) in [6.07, 6.45) is 0.414. The van der Waals surface area contributed by atoms with Crippen LogP contribution in [0, 0.1) is 0 Å². The molecule has 0 saturated carbocycles. The maximum atomic E-state index is 11.3. The van der Waals surface area contributed by atoms with Gasteiger partial charge in [0.05, 0.1) is 0 Å². The minimum atomic E-state index is 0.136. The van der Waals surface area contributed by atoms with Gasteiger partial charge in [-0.3, -0.25) is 0 Å². The molecule has 0 N–H and O–H groups in total. The molecule has 0 spiro atoms. The standard InChI is InChI=1S/C16H13ClNOSe/c1-11(19)10-12-4-2-3-5-15(12)16(20)18-14-8-6-13(17)7-9-14/h2-9H,10H2,1H3. The number of ketones is 1. The third kappa shape index (κ3) is 4.04. The Hall–Kier alpha value is -1.41. The molecule has 2 aromatic rings. The molecule has 20 heavy (non-hydrogen) atoms. The molecule has 0 heterocycles. The molecule has 1 radical (unpaired) electrons. The number of carbonyl (C=O) groups excluding carboxylic acids is 1. The number of carbonyl (C=O) groups is 1. The van der Waals surface area contributed by atoms with E-state index in [4.69, 9.17) is 11.6 Å². The molecule has 0 fully saturated rings. The Morgan fingerprint density at radius 2 is 1.80 bits per heavy atom. The number of rotatable bonds is 4. The number of halogens is 1. The second kappa shape index (κ2) is 6.85. The van der Waals surface area contributed by atoms with E-state index in [-0.39, 0.29) is 5.78 Å². The van der Waals surface area contributed by atoms with Gasteiger partial charge in [0.2, 0.25) is 0 Å². The van der Waals surface area contributed by atoms with Crippen molar-refractivity contribution in [2.75, 3.05) is 0 Å². The number of aliphatic imine (C=N–C) groups is 1. The van der Waals surface area contributed by atoms with E-state index in [0.29, 0.717) is 11.4 Å². The zero-order valence-corrected chi connectivity index (χ0v) is 13.4. The van der Waals surface area contributed by atoms with Crippen LogP contribution in [-0.2, 0) is 11.2 Å². The van der Waals surface area contributed by atoms with Crippen LogP contribution >= 0.6 is 11.6 Å². The molecule has 0 aliphatic heterocycles. The van der Waals surface area contributed by atoms with Crippen LogP contribution < -0.4 is 0 Å². The van der Waals surface area contributed by atoms with Crippen LogP contribution in [0.25, 0.3) is 0 Å².